The number of anilines is 2. The molecule has 2 rings (SSSR count). The van der Waals surface area contributed by atoms with Crippen LogP contribution in [0.3, 0.4) is 0 Å². The number of halogens is 2. The summed E-state index contributed by atoms with van der Waals surface area (Å²) < 4.78 is 1.25. The van der Waals surface area contributed by atoms with Crippen molar-refractivity contribution in [2.45, 2.75) is 13.0 Å². The normalized spacial score (nSPS) is 12.1. The number of hydrogen-bond acceptors (Lipinski definition) is 2. The average Bonchev–Trinajstić information content (AvgIpc) is 2.39. The molecule has 0 aliphatic rings. The lowest BCUT2D eigenvalue weighted by Gasteiger charge is -2.19. The Morgan fingerprint density at radius 1 is 1.10 bits per heavy atom. The lowest BCUT2D eigenvalue weighted by atomic mass is 10.1. The molecule has 1 N–H and O–H groups in total. The minimum atomic E-state index is 0.244. The minimum Gasteiger partial charge on any atom is -0.378 e. The SMILES string of the molecule is CC(Nc1ccc(N(C)C)c(Cl)c1)c1ccc(I)cc1. The maximum Gasteiger partial charge on any atom is 0.0659 e. The molecule has 0 saturated carbocycles. The zero-order chi connectivity index (χ0) is 14.7. The van der Waals surface area contributed by atoms with Crippen molar-refractivity contribution in [2.75, 3.05) is 24.3 Å². The number of nitrogens with one attached hydrogen (secondary N) is 1. The Hall–Kier alpha value is -0.940. The molecule has 106 valence electrons. The fourth-order valence-corrected chi connectivity index (χ4v) is 2.75. The van der Waals surface area contributed by atoms with Crippen LogP contribution < -0.4 is 10.2 Å². The van der Waals surface area contributed by atoms with Crippen molar-refractivity contribution in [1.29, 1.82) is 0 Å². The fourth-order valence-electron chi connectivity index (χ4n) is 2.04. The predicted molar refractivity (Wildman–Crippen MR) is 97.0 cm³/mol. The largest absolute Gasteiger partial charge is 0.378 e. The maximum atomic E-state index is 6.29. The summed E-state index contributed by atoms with van der Waals surface area (Å²) in [5, 5.41) is 4.24. The molecule has 20 heavy (non-hydrogen) atoms. The van der Waals surface area contributed by atoms with E-state index in [1.165, 1.54) is 9.13 Å². The molecule has 0 fully saturated rings. The fraction of sp³-hybridized carbons (Fsp3) is 0.250. The topological polar surface area (TPSA) is 15.3 Å². The van der Waals surface area contributed by atoms with Crippen LogP contribution in [0.15, 0.2) is 42.5 Å². The van der Waals surface area contributed by atoms with Crippen LogP contribution in [0, 0.1) is 3.57 Å². The molecule has 0 saturated heterocycles. The van der Waals surface area contributed by atoms with E-state index in [2.05, 4.69) is 65.2 Å². The van der Waals surface area contributed by atoms with E-state index in [1.54, 1.807) is 0 Å². The van der Waals surface area contributed by atoms with Crippen molar-refractivity contribution in [3.63, 3.8) is 0 Å². The monoisotopic (exact) mass is 400 g/mol. The second kappa shape index (κ2) is 6.68. The number of rotatable bonds is 4. The molecule has 1 unspecified atom stereocenters. The van der Waals surface area contributed by atoms with E-state index in [9.17, 15) is 0 Å². The summed E-state index contributed by atoms with van der Waals surface area (Å²) in [5.41, 5.74) is 3.32. The highest BCUT2D eigenvalue weighted by atomic mass is 127. The molecule has 0 amide bonds. The van der Waals surface area contributed by atoms with Crippen LogP contribution in [0.4, 0.5) is 11.4 Å². The van der Waals surface area contributed by atoms with Gasteiger partial charge in [-0.3, -0.25) is 0 Å². The van der Waals surface area contributed by atoms with E-state index in [0.717, 1.165) is 16.4 Å². The quantitative estimate of drug-likeness (QED) is 0.711. The molecule has 1 atom stereocenters. The molecule has 0 bridgehead atoms. The van der Waals surface area contributed by atoms with Crippen LogP contribution in [-0.2, 0) is 0 Å². The summed E-state index contributed by atoms with van der Waals surface area (Å²) in [4.78, 5) is 2.01. The average molecular weight is 401 g/mol. The lowest BCUT2D eigenvalue weighted by Crippen LogP contribution is -2.10. The Labute approximate surface area is 139 Å². The van der Waals surface area contributed by atoms with Crippen molar-refractivity contribution in [1.82, 2.24) is 0 Å². The predicted octanol–water partition coefficient (Wildman–Crippen LogP) is 5.18. The van der Waals surface area contributed by atoms with E-state index < -0.39 is 0 Å². The summed E-state index contributed by atoms with van der Waals surface area (Å²) in [5.74, 6) is 0. The van der Waals surface area contributed by atoms with Gasteiger partial charge in [0.2, 0.25) is 0 Å². The first-order valence-corrected chi connectivity index (χ1v) is 7.92. The summed E-state index contributed by atoms with van der Waals surface area (Å²) in [7, 11) is 3.98. The first kappa shape index (κ1) is 15.4. The van der Waals surface area contributed by atoms with E-state index in [4.69, 9.17) is 11.6 Å². The van der Waals surface area contributed by atoms with E-state index in [-0.39, 0.29) is 6.04 Å². The lowest BCUT2D eigenvalue weighted by molar-refractivity contribution is 0.884. The molecule has 0 aliphatic carbocycles. The van der Waals surface area contributed by atoms with Gasteiger partial charge in [-0.25, -0.2) is 0 Å². The Morgan fingerprint density at radius 2 is 1.75 bits per heavy atom. The zero-order valence-electron chi connectivity index (χ0n) is 11.8. The molecule has 2 aromatic rings. The second-order valence-electron chi connectivity index (χ2n) is 4.98. The molecule has 0 aromatic heterocycles. The van der Waals surface area contributed by atoms with Gasteiger partial charge in [-0.15, -0.1) is 0 Å². The standard InChI is InChI=1S/C16H18ClIN2/c1-11(12-4-6-13(18)7-5-12)19-14-8-9-16(20(2)3)15(17)10-14/h4-11,19H,1-3H3. The highest BCUT2D eigenvalue weighted by Crippen LogP contribution is 2.29. The third-order valence-electron chi connectivity index (χ3n) is 3.18. The first-order chi connectivity index (χ1) is 9.47. The van der Waals surface area contributed by atoms with Crippen molar-refractivity contribution in [3.8, 4) is 0 Å². The highest BCUT2D eigenvalue weighted by Gasteiger charge is 2.08. The van der Waals surface area contributed by atoms with E-state index >= 15 is 0 Å². The number of hydrogen-bond donors (Lipinski definition) is 1. The van der Waals surface area contributed by atoms with Crippen LogP contribution in [0.25, 0.3) is 0 Å². The smallest absolute Gasteiger partial charge is 0.0659 e. The third kappa shape index (κ3) is 3.79. The van der Waals surface area contributed by atoms with Gasteiger partial charge in [0.1, 0.15) is 0 Å². The van der Waals surface area contributed by atoms with Crippen LogP contribution >= 0.6 is 34.2 Å². The van der Waals surface area contributed by atoms with Crippen molar-refractivity contribution < 1.29 is 0 Å². The third-order valence-corrected chi connectivity index (χ3v) is 4.20. The van der Waals surface area contributed by atoms with Crippen LogP contribution in [0.1, 0.15) is 18.5 Å². The van der Waals surface area contributed by atoms with Gasteiger partial charge in [-0.1, -0.05) is 23.7 Å². The molecular weight excluding hydrogens is 383 g/mol. The van der Waals surface area contributed by atoms with Gasteiger partial charge in [0, 0.05) is 29.4 Å². The van der Waals surface area contributed by atoms with E-state index in [1.807, 2.05) is 31.1 Å². The molecule has 0 radical (unpaired) electrons. The van der Waals surface area contributed by atoms with Crippen LogP contribution in [0.2, 0.25) is 5.02 Å². The summed E-state index contributed by atoms with van der Waals surface area (Å²) in [6.45, 7) is 2.15. The van der Waals surface area contributed by atoms with Gasteiger partial charge in [-0.2, -0.15) is 0 Å². The van der Waals surface area contributed by atoms with Crippen molar-refractivity contribution in [3.05, 3.63) is 56.6 Å². The zero-order valence-corrected chi connectivity index (χ0v) is 14.7. The van der Waals surface area contributed by atoms with Gasteiger partial charge in [0.15, 0.2) is 0 Å². The van der Waals surface area contributed by atoms with Crippen molar-refractivity contribution in [2.24, 2.45) is 0 Å². The second-order valence-corrected chi connectivity index (χ2v) is 6.63. The molecule has 0 heterocycles. The summed E-state index contributed by atoms with van der Waals surface area (Å²) in [6.07, 6.45) is 0. The first-order valence-electron chi connectivity index (χ1n) is 6.46. The number of nitrogens with zero attached hydrogens (tertiary/aromatic N) is 1. The van der Waals surface area contributed by atoms with Crippen molar-refractivity contribution >= 4 is 45.6 Å². The van der Waals surface area contributed by atoms with Gasteiger partial charge in [0.05, 0.1) is 10.7 Å². The molecule has 2 aromatic carbocycles. The van der Waals surface area contributed by atoms with Gasteiger partial charge < -0.3 is 10.2 Å². The Balaban J connectivity index is 2.13. The van der Waals surface area contributed by atoms with Gasteiger partial charge in [0.25, 0.3) is 0 Å². The Kier molecular flexibility index (Phi) is 5.16. The summed E-state index contributed by atoms with van der Waals surface area (Å²) in [6, 6.07) is 14.8. The molecule has 4 heteroatoms. The van der Waals surface area contributed by atoms with Crippen LogP contribution in [0.5, 0.6) is 0 Å². The minimum absolute atomic E-state index is 0.244. The molecule has 0 spiro atoms. The van der Waals surface area contributed by atoms with E-state index in [0.29, 0.717) is 0 Å². The van der Waals surface area contributed by atoms with Gasteiger partial charge >= 0.3 is 0 Å². The Bertz CT molecular complexity index is 582. The molecular formula is C16H18ClIN2. The van der Waals surface area contributed by atoms with Gasteiger partial charge in [-0.05, 0) is 65.4 Å². The molecule has 2 nitrogen and oxygen atoms in total. The maximum absolute atomic E-state index is 6.29. The Morgan fingerprint density at radius 3 is 2.30 bits per heavy atom. The van der Waals surface area contributed by atoms with Crippen LogP contribution in [-0.4, -0.2) is 14.1 Å². The molecule has 0 aliphatic heterocycles. The number of benzene rings is 2. The summed E-state index contributed by atoms with van der Waals surface area (Å²) >= 11 is 8.61. The highest BCUT2D eigenvalue weighted by molar-refractivity contribution is 14.1.